The van der Waals surface area contributed by atoms with E-state index in [0.717, 1.165) is 49.1 Å². The Kier molecular flexibility index (Phi) is 8.37. The first-order chi connectivity index (χ1) is 15.8. The molecule has 0 aliphatic heterocycles. The first-order valence-electron chi connectivity index (χ1n) is 10.4. The Labute approximate surface area is 196 Å². The van der Waals surface area contributed by atoms with E-state index >= 15 is 0 Å². The SMILES string of the molecule is CCCCCCN(C(=O)COC(=O)c1ccc(S(N)(=O)=O)o1)c1nc(-c2ccccc2)cs1. The van der Waals surface area contributed by atoms with Crippen LogP contribution in [0.25, 0.3) is 11.3 Å². The number of primary sulfonamides is 1. The maximum absolute atomic E-state index is 12.9. The summed E-state index contributed by atoms with van der Waals surface area (Å²) in [6, 6.07) is 11.8. The summed E-state index contributed by atoms with van der Waals surface area (Å²) in [5.74, 6) is -1.76. The molecule has 0 atom stereocenters. The first-order valence-corrected chi connectivity index (χ1v) is 12.8. The Morgan fingerprint density at radius 1 is 1.12 bits per heavy atom. The number of carbonyl (C=O) groups is 2. The molecule has 176 valence electrons. The molecule has 0 spiro atoms. The number of sulfonamides is 1. The largest absolute Gasteiger partial charge is 0.450 e. The maximum Gasteiger partial charge on any atom is 0.374 e. The fourth-order valence-electron chi connectivity index (χ4n) is 3.01. The van der Waals surface area contributed by atoms with Crippen molar-refractivity contribution in [2.45, 2.75) is 37.7 Å². The monoisotopic (exact) mass is 491 g/mol. The average Bonchev–Trinajstić information content (AvgIpc) is 3.48. The van der Waals surface area contributed by atoms with E-state index in [9.17, 15) is 18.0 Å². The predicted molar refractivity (Wildman–Crippen MR) is 124 cm³/mol. The Balaban J connectivity index is 1.69. The Morgan fingerprint density at radius 3 is 2.55 bits per heavy atom. The summed E-state index contributed by atoms with van der Waals surface area (Å²) < 4.78 is 32.6. The van der Waals surface area contributed by atoms with Gasteiger partial charge in [0.1, 0.15) is 0 Å². The van der Waals surface area contributed by atoms with Crippen molar-refractivity contribution in [3.05, 3.63) is 53.6 Å². The van der Waals surface area contributed by atoms with E-state index in [0.29, 0.717) is 11.7 Å². The third kappa shape index (κ3) is 6.73. The summed E-state index contributed by atoms with van der Waals surface area (Å²) in [7, 11) is -4.09. The fraction of sp³-hybridized carbons (Fsp3) is 0.318. The summed E-state index contributed by atoms with van der Waals surface area (Å²) in [5.41, 5.74) is 1.69. The molecule has 11 heteroatoms. The van der Waals surface area contributed by atoms with Crippen LogP contribution >= 0.6 is 11.3 Å². The van der Waals surface area contributed by atoms with Crippen molar-refractivity contribution in [1.29, 1.82) is 0 Å². The lowest BCUT2D eigenvalue weighted by atomic mass is 10.2. The molecule has 3 aromatic rings. The minimum atomic E-state index is -4.09. The highest BCUT2D eigenvalue weighted by molar-refractivity contribution is 7.89. The normalized spacial score (nSPS) is 11.3. The smallest absolute Gasteiger partial charge is 0.374 e. The fourth-order valence-corrected chi connectivity index (χ4v) is 4.35. The number of benzene rings is 1. The number of hydrogen-bond acceptors (Lipinski definition) is 8. The van der Waals surface area contributed by atoms with E-state index in [4.69, 9.17) is 14.3 Å². The van der Waals surface area contributed by atoms with Gasteiger partial charge in [-0.1, -0.05) is 56.5 Å². The zero-order valence-electron chi connectivity index (χ0n) is 18.1. The van der Waals surface area contributed by atoms with Crippen molar-refractivity contribution in [3.63, 3.8) is 0 Å². The number of carbonyl (C=O) groups excluding carboxylic acids is 2. The Morgan fingerprint density at radius 2 is 1.88 bits per heavy atom. The molecule has 1 amide bonds. The number of furan rings is 1. The average molecular weight is 492 g/mol. The Bertz CT molecular complexity index is 1190. The minimum absolute atomic E-state index is 0.359. The summed E-state index contributed by atoms with van der Waals surface area (Å²) >= 11 is 1.34. The lowest BCUT2D eigenvalue weighted by Gasteiger charge is -2.19. The molecular weight excluding hydrogens is 466 g/mol. The molecule has 0 bridgehead atoms. The predicted octanol–water partition coefficient (Wildman–Crippen LogP) is 3.82. The van der Waals surface area contributed by atoms with Gasteiger partial charge < -0.3 is 9.15 Å². The minimum Gasteiger partial charge on any atom is -0.450 e. The second kappa shape index (κ2) is 11.2. The van der Waals surface area contributed by atoms with Crippen molar-refractivity contribution < 1.29 is 27.2 Å². The van der Waals surface area contributed by atoms with Crippen LogP contribution in [0.4, 0.5) is 5.13 Å². The molecule has 2 N–H and O–H groups in total. The van der Waals surface area contributed by atoms with E-state index in [1.807, 2.05) is 35.7 Å². The molecule has 0 saturated heterocycles. The number of nitrogens with two attached hydrogens (primary N) is 1. The van der Waals surface area contributed by atoms with Crippen molar-refractivity contribution in [2.75, 3.05) is 18.1 Å². The number of esters is 1. The van der Waals surface area contributed by atoms with E-state index in [2.05, 4.69) is 11.9 Å². The van der Waals surface area contributed by atoms with Crippen LogP contribution in [0, 0.1) is 0 Å². The molecule has 9 nitrogen and oxygen atoms in total. The molecule has 2 heterocycles. The van der Waals surface area contributed by atoms with Crippen LogP contribution in [-0.4, -0.2) is 38.4 Å². The molecule has 0 fully saturated rings. The lowest BCUT2D eigenvalue weighted by Crippen LogP contribution is -2.35. The second-order valence-corrected chi connectivity index (χ2v) is 9.56. The second-order valence-electron chi connectivity index (χ2n) is 7.23. The lowest BCUT2D eigenvalue weighted by molar-refractivity contribution is -0.121. The van der Waals surface area contributed by atoms with Gasteiger partial charge in [0.15, 0.2) is 11.7 Å². The van der Waals surface area contributed by atoms with Crippen LogP contribution in [-0.2, 0) is 19.6 Å². The number of ether oxygens (including phenoxy) is 1. The van der Waals surface area contributed by atoms with Gasteiger partial charge in [-0.15, -0.1) is 11.3 Å². The quantitative estimate of drug-likeness (QED) is 0.318. The van der Waals surface area contributed by atoms with Gasteiger partial charge in [-0.2, -0.15) is 0 Å². The Hall–Kier alpha value is -3.02. The third-order valence-electron chi connectivity index (χ3n) is 4.72. The molecular formula is C22H25N3O6S2. The van der Waals surface area contributed by atoms with Crippen LogP contribution in [0.15, 0.2) is 57.4 Å². The van der Waals surface area contributed by atoms with Gasteiger partial charge >= 0.3 is 5.97 Å². The number of thiazole rings is 1. The zero-order valence-corrected chi connectivity index (χ0v) is 19.7. The van der Waals surface area contributed by atoms with Crippen molar-refractivity contribution in [2.24, 2.45) is 5.14 Å². The van der Waals surface area contributed by atoms with E-state index in [1.165, 1.54) is 16.2 Å². The molecule has 0 unspecified atom stereocenters. The molecule has 1 aromatic carbocycles. The highest BCUT2D eigenvalue weighted by atomic mass is 32.2. The van der Waals surface area contributed by atoms with Crippen molar-refractivity contribution in [3.8, 4) is 11.3 Å². The third-order valence-corrected chi connectivity index (χ3v) is 6.36. The number of rotatable bonds is 11. The molecule has 0 saturated carbocycles. The maximum atomic E-state index is 12.9. The zero-order chi connectivity index (χ0) is 23.8. The van der Waals surface area contributed by atoms with Gasteiger partial charge in [0.05, 0.1) is 5.69 Å². The number of amides is 1. The molecule has 2 aromatic heterocycles. The van der Waals surface area contributed by atoms with Crippen molar-refractivity contribution in [1.82, 2.24) is 4.98 Å². The molecule has 0 aliphatic carbocycles. The van der Waals surface area contributed by atoms with Gasteiger partial charge in [-0.25, -0.2) is 23.3 Å². The van der Waals surface area contributed by atoms with Gasteiger partial charge in [0, 0.05) is 17.5 Å². The van der Waals surface area contributed by atoms with Crippen LogP contribution in [0.2, 0.25) is 0 Å². The van der Waals surface area contributed by atoms with E-state index < -0.39 is 33.6 Å². The highest BCUT2D eigenvalue weighted by Crippen LogP contribution is 2.28. The molecule has 3 rings (SSSR count). The summed E-state index contributed by atoms with van der Waals surface area (Å²) in [4.78, 5) is 31.2. The van der Waals surface area contributed by atoms with E-state index in [1.54, 1.807) is 0 Å². The van der Waals surface area contributed by atoms with Crippen LogP contribution in [0.5, 0.6) is 0 Å². The number of unbranched alkanes of at least 4 members (excludes halogenated alkanes) is 3. The number of aromatic nitrogens is 1. The van der Waals surface area contributed by atoms with Crippen LogP contribution < -0.4 is 10.0 Å². The van der Waals surface area contributed by atoms with Gasteiger partial charge in [0.25, 0.3) is 15.9 Å². The standard InChI is InChI=1S/C22H25N3O6S2/c1-2-3-4-8-13-25(22-24-17(15-32-22)16-9-6-5-7-10-16)19(26)14-30-21(27)18-11-12-20(31-18)33(23,28)29/h5-7,9-12,15H,2-4,8,13-14H2,1H3,(H2,23,28,29). The number of hydrogen-bond donors (Lipinski definition) is 1. The van der Waals surface area contributed by atoms with E-state index in [-0.39, 0.29) is 5.76 Å². The summed E-state index contributed by atoms with van der Waals surface area (Å²) in [6.07, 6.45) is 3.85. The van der Waals surface area contributed by atoms with Gasteiger partial charge in [0.2, 0.25) is 10.9 Å². The van der Waals surface area contributed by atoms with Gasteiger partial charge in [-0.05, 0) is 18.6 Å². The first kappa shape index (κ1) is 24.6. The number of anilines is 1. The van der Waals surface area contributed by atoms with Crippen LogP contribution in [0.1, 0.15) is 43.2 Å². The molecule has 33 heavy (non-hydrogen) atoms. The molecule has 0 radical (unpaired) electrons. The van der Waals surface area contributed by atoms with Crippen LogP contribution in [0.3, 0.4) is 0 Å². The number of nitrogens with zero attached hydrogens (tertiary/aromatic N) is 2. The van der Waals surface area contributed by atoms with Gasteiger partial charge in [-0.3, -0.25) is 9.69 Å². The summed E-state index contributed by atoms with van der Waals surface area (Å²) in [5, 5.41) is 6.80. The molecule has 0 aliphatic rings. The van der Waals surface area contributed by atoms with Crippen molar-refractivity contribution >= 4 is 38.4 Å². The summed E-state index contributed by atoms with van der Waals surface area (Å²) in [6.45, 7) is 2.00. The highest BCUT2D eigenvalue weighted by Gasteiger charge is 2.23. The topological polar surface area (TPSA) is 133 Å².